The minimum atomic E-state index is 0.983. The third kappa shape index (κ3) is 4.88. The molecule has 2 heteroatoms. The van der Waals surface area contributed by atoms with Crippen LogP contribution in [0.1, 0.15) is 42.0 Å². The van der Waals surface area contributed by atoms with Crippen LogP contribution in [0.25, 0.3) is 66.5 Å². The second-order valence-corrected chi connectivity index (χ2v) is 12.0. The molecule has 0 aliphatic carbocycles. The SMILES string of the molecule is CCCCn1c2cc(C#Cc3ccc4ccccc4c3)ccc2c2c3ccc(C=Cc4ccc5ccccc5c4)cc3n(C)c21. The first-order chi connectivity index (χ1) is 22.2. The van der Waals surface area contributed by atoms with Crippen molar-refractivity contribution >= 4 is 66.5 Å². The number of hydrogen-bond acceptors (Lipinski definition) is 0. The van der Waals surface area contributed by atoms with Crippen LogP contribution in [-0.2, 0) is 13.6 Å². The predicted octanol–water partition coefficient (Wildman–Crippen LogP) is 11.0. The molecule has 2 nitrogen and oxygen atoms in total. The molecule has 0 aliphatic rings. The van der Waals surface area contributed by atoms with Gasteiger partial charge in [-0.3, -0.25) is 0 Å². The molecule has 6 aromatic carbocycles. The molecule has 45 heavy (non-hydrogen) atoms. The molecular weight excluding hydrogens is 544 g/mol. The Balaban J connectivity index is 1.19. The van der Waals surface area contributed by atoms with Gasteiger partial charge in [0.1, 0.15) is 5.65 Å². The summed E-state index contributed by atoms with van der Waals surface area (Å²) in [5.41, 5.74) is 8.30. The summed E-state index contributed by atoms with van der Waals surface area (Å²) in [4.78, 5) is 0. The Labute approximate surface area is 263 Å². The van der Waals surface area contributed by atoms with Crippen molar-refractivity contribution < 1.29 is 0 Å². The lowest BCUT2D eigenvalue weighted by molar-refractivity contribution is 0.655. The molecule has 2 heterocycles. The zero-order valence-corrected chi connectivity index (χ0v) is 25.7. The number of hydrogen-bond donors (Lipinski definition) is 0. The summed E-state index contributed by atoms with van der Waals surface area (Å²) in [5.74, 6) is 6.87. The molecule has 2 aromatic heterocycles. The topological polar surface area (TPSA) is 9.86 Å². The smallest absolute Gasteiger partial charge is 0.122 e. The van der Waals surface area contributed by atoms with E-state index < -0.39 is 0 Å². The fraction of sp³-hybridized carbons (Fsp3) is 0.116. The van der Waals surface area contributed by atoms with E-state index in [1.807, 2.05) is 0 Å². The number of aryl methyl sites for hydroxylation is 2. The van der Waals surface area contributed by atoms with Crippen molar-refractivity contribution in [2.75, 3.05) is 0 Å². The molecule has 216 valence electrons. The highest BCUT2D eigenvalue weighted by Crippen LogP contribution is 2.38. The van der Waals surface area contributed by atoms with E-state index in [1.54, 1.807) is 0 Å². The van der Waals surface area contributed by atoms with E-state index in [4.69, 9.17) is 0 Å². The Hall–Kier alpha value is -5.52. The van der Waals surface area contributed by atoms with E-state index in [0.29, 0.717) is 0 Å². The van der Waals surface area contributed by atoms with Gasteiger partial charge in [-0.2, -0.15) is 0 Å². The van der Waals surface area contributed by atoms with Crippen LogP contribution < -0.4 is 0 Å². The second-order valence-electron chi connectivity index (χ2n) is 12.0. The molecule has 0 saturated heterocycles. The number of fused-ring (bicyclic) bond motifs is 7. The fourth-order valence-electron chi connectivity index (χ4n) is 6.74. The van der Waals surface area contributed by atoms with E-state index >= 15 is 0 Å². The molecule has 0 N–H and O–H groups in total. The standard InChI is InChI=1S/C43H34N2/c1-3-4-25-45-41-29-33(16-14-31-18-22-35-10-6-8-12-37(35)27-31)20-24-39(41)42-38-23-19-32(28-40(38)44(2)43(42)45)15-13-30-17-21-34-9-5-7-11-36(34)26-30/h5-13,15,17-24,26-29H,3-4,25H2,1-2H3. The van der Waals surface area contributed by atoms with Crippen LogP contribution in [-0.4, -0.2) is 9.13 Å². The van der Waals surface area contributed by atoms with Gasteiger partial charge in [0.2, 0.25) is 0 Å². The summed E-state index contributed by atoms with van der Waals surface area (Å²) in [6.45, 7) is 3.25. The Kier molecular flexibility index (Phi) is 6.73. The molecule has 0 atom stereocenters. The summed E-state index contributed by atoms with van der Waals surface area (Å²) in [7, 11) is 2.21. The van der Waals surface area contributed by atoms with E-state index in [9.17, 15) is 0 Å². The molecule has 0 unspecified atom stereocenters. The normalized spacial score (nSPS) is 11.8. The van der Waals surface area contributed by atoms with E-state index in [-0.39, 0.29) is 0 Å². The largest absolute Gasteiger partial charge is 0.330 e. The van der Waals surface area contributed by atoms with Gasteiger partial charge in [-0.1, -0.05) is 122 Å². The number of nitrogens with zero attached hydrogens (tertiary/aromatic N) is 2. The highest BCUT2D eigenvalue weighted by molar-refractivity contribution is 6.21. The van der Waals surface area contributed by atoms with E-state index in [2.05, 4.69) is 168 Å². The summed E-state index contributed by atoms with van der Waals surface area (Å²) in [6, 6.07) is 43.7. The molecule has 0 saturated carbocycles. The Morgan fingerprint density at radius 3 is 1.91 bits per heavy atom. The first-order valence-corrected chi connectivity index (χ1v) is 15.9. The number of unbranched alkanes of at least 4 members (excludes halogenated alkanes) is 1. The molecule has 0 spiro atoms. The minimum Gasteiger partial charge on any atom is -0.330 e. The highest BCUT2D eigenvalue weighted by atomic mass is 15.1. The van der Waals surface area contributed by atoms with Crippen molar-refractivity contribution in [1.82, 2.24) is 9.13 Å². The first kappa shape index (κ1) is 27.1. The Bertz CT molecular complexity index is 2490. The lowest BCUT2D eigenvalue weighted by Gasteiger charge is -2.09. The van der Waals surface area contributed by atoms with Gasteiger partial charge >= 0.3 is 0 Å². The molecule has 0 amide bonds. The Morgan fingerprint density at radius 1 is 0.578 bits per heavy atom. The fourth-order valence-corrected chi connectivity index (χ4v) is 6.74. The van der Waals surface area contributed by atoms with Crippen LogP contribution in [0.2, 0.25) is 0 Å². The van der Waals surface area contributed by atoms with Gasteiger partial charge in [0.15, 0.2) is 0 Å². The van der Waals surface area contributed by atoms with Crippen LogP contribution in [0.5, 0.6) is 0 Å². The first-order valence-electron chi connectivity index (χ1n) is 15.9. The van der Waals surface area contributed by atoms with Crippen molar-refractivity contribution in [1.29, 1.82) is 0 Å². The van der Waals surface area contributed by atoms with Crippen molar-refractivity contribution in [2.24, 2.45) is 7.05 Å². The summed E-state index contributed by atoms with van der Waals surface area (Å²) < 4.78 is 4.90. The van der Waals surface area contributed by atoms with Gasteiger partial charge in [0.05, 0.1) is 11.0 Å². The average Bonchev–Trinajstić information content (AvgIpc) is 3.56. The van der Waals surface area contributed by atoms with Crippen LogP contribution in [0.15, 0.2) is 121 Å². The van der Waals surface area contributed by atoms with Crippen LogP contribution in [0.3, 0.4) is 0 Å². The summed E-state index contributed by atoms with van der Waals surface area (Å²) in [5, 5.41) is 8.92. The number of rotatable bonds is 5. The van der Waals surface area contributed by atoms with Crippen LogP contribution in [0.4, 0.5) is 0 Å². The predicted molar refractivity (Wildman–Crippen MR) is 194 cm³/mol. The lowest BCUT2D eigenvalue weighted by atomic mass is 10.0. The third-order valence-corrected chi connectivity index (χ3v) is 9.08. The van der Waals surface area contributed by atoms with Gasteiger partial charge < -0.3 is 9.13 Å². The Morgan fingerprint density at radius 2 is 1.16 bits per heavy atom. The van der Waals surface area contributed by atoms with Crippen molar-refractivity contribution in [3.63, 3.8) is 0 Å². The van der Waals surface area contributed by atoms with Gasteiger partial charge in [0, 0.05) is 40.9 Å². The summed E-state index contributed by atoms with van der Waals surface area (Å²) >= 11 is 0. The minimum absolute atomic E-state index is 0.983. The third-order valence-electron chi connectivity index (χ3n) is 9.08. The number of benzene rings is 6. The average molecular weight is 579 g/mol. The molecule has 8 aromatic rings. The maximum atomic E-state index is 3.46. The van der Waals surface area contributed by atoms with Gasteiger partial charge in [-0.25, -0.2) is 0 Å². The zero-order valence-electron chi connectivity index (χ0n) is 25.7. The molecule has 0 radical (unpaired) electrons. The summed E-state index contributed by atoms with van der Waals surface area (Å²) in [6.07, 6.45) is 6.72. The lowest BCUT2D eigenvalue weighted by Crippen LogP contribution is -2.02. The molecule has 0 fully saturated rings. The van der Waals surface area contributed by atoms with Crippen molar-refractivity contribution in [3.05, 3.63) is 144 Å². The van der Waals surface area contributed by atoms with Gasteiger partial charge in [-0.05, 0) is 75.5 Å². The van der Waals surface area contributed by atoms with Gasteiger partial charge in [-0.15, -0.1) is 0 Å². The molecule has 0 bridgehead atoms. The molecule has 0 aliphatic heterocycles. The van der Waals surface area contributed by atoms with Crippen LogP contribution >= 0.6 is 0 Å². The van der Waals surface area contributed by atoms with Crippen molar-refractivity contribution in [3.8, 4) is 11.8 Å². The monoisotopic (exact) mass is 578 g/mol. The quantitative estimate of drug-likeness (QED) is 0.142. The highest BCUT2D eigenvalue weighted by Gasteiger charge is 2.19. The van der Waals surface area contributed by atoms with Gasteiger partial charge in [0.25, 0.3) is 0 Å². The van der Waals surface area contributed by atoms with Crippen LogP contribution in [0, 0.1) is 11.8 Å². The number of aromatic nitrogens is 2. The molecule has 8 rings (SSSR count). The van der Waals surface area contributed by atoms with Crippen molar-refractivity contribution in [2.45, 2.75) is 26.3 Å². The maximum absolute atomic E-state index is 3.46. The molecular formula is C43H34N2. The van der Waals surface area contributed by atoms with E-state index in [0.717, 1.165) is 30.5 Å². The second kappa shape index (κ2) is 11.2. The zero-order chi connectivity index (χ0) is 30.3. The van der Waals surface area contributed by atoms with E-state index in [1.165, 1.54) is 65.5 Å². The maximum Gasteiger partial charge on any atom is 0.122 e.